The molecular weight excluding hydrogens is 312 g/mol. The summed E-state index contributed by atoms with van der Waals surface area (Å²) in [6.45, 7) is 9.69. The Hall–Kier alpha value is -2.58. The number of aromatic nitrogens is 2. The zero-order valence-electron chi connectivity index (χ0n) is 15.0. The van der Waals surface area contributed by atoms with E-state index in [2.05, 4.69) is 53.3 Å². The van der Waals surface area contributed by atoms with E-state index in [0.29, 0.717) is 5.92 Å². The molecule has 1 saturated heterocycles. The molecule has 0 radical (unpaired) electrons. The summed E-state index contributed by atoms with van der Waals surface area (Å²) in [5.41, 5.74) is 6.10. The number of pyridine rings is 1. The molecule has 0 spiro atoms. The normalized spacial score (nSPS) is 15.2. The van der Waals surface area contributed by atoms with E-state index in [4.69, 9.17) is 4.74 Å². The number of morpholine rings is 1. The molecule has 1 aliphatic rings. The molecule has 3 aromatic rings. The maximum Gasteiger partial charge on any atom is 0.250 e. The van der Waals surface area contributed by atoms with Crippen molar-refractivity contribution in [1.82, 2.24) is 4.98 Å². The van der Waals surface area contributed by atoms with Crippen LogP contribution in [0, 0.1) is 18.3 Å². The number of hydrogen-bond acceptors (Lipinski definition) is 3. The fourth-order valence-corrected chi connectivity index (χ4v) is 3.99. The average molecular weight is 335 g/mol. The van der Waals surface area contributed by atoms with E-state index >= 15 is 0 Å². The number of nitriles is 1. The van der Waals surface area contributed by atoms with Crippen molar-refractivity contribution < 1.29 is 9.14 Å². The minimum atomic E-state index is 0.329. The zero-order valence-corrected chi connectivity index (χ0v) is 15.0. The SMILES string of the molecule is Cc1c(C(C)C)c(N2CCOCC2)[n+]2c([nH]c3ccccc32)c1C#N. The highest BCUT2D eigenvalue weighted by molar-refractivity contribution is 5.78. The second-order valence-corrected chi connectivity index (χ2v) is 6.93. The van der Waals surface area contributed by atoms with Crippen molar-refractivity contribution in [3.05, 3.63) is 41.0 Å². The minimum Gasteiger partial charge on any atom is -0.375 e. The molecule has 1 N–H and O–H groups in total. The Balaban J connectivity index is 2.18. The number of ether oxygens (including phenoxy) is 1. The standard InChI is InChI=1S/C20H22N4O/c1-13(2)18-14(3)15(12-21)19-22-16-6-4-5-7-17(16)24(19)20(18)23-8-10-25-11-9-23/h4-7,13H,8-11H2,1-3H3/p+1. The van der Waals surface area contributed by atoms with Crippen LogP contribution in [0.4, 0.5) is 5.82 Å². The lowest BCUT2D eigenvalue weighted by Crippen LogP contribution is -2.44. The number of anilines is 1. The van der Waals surface area contributed by atoms with Crippen LogP contribution < -0.4 is 9.30 Å². The molecule has 0 bridgehead atoms. The number of aromatic amines is 1. The van der Waals surface area contributed by atoms with Gasteiger partial charge in [0.25, 0.3) is 0 Å². The molecule has 2 aromatic heterocycles. The van der Waals surface area contributed by atoms with Gasteiger partial charge in [-0.05, 0) is 30.5 Å². The minimum absolute atomic E-state index is 0.329. The van der Waals surface area contributed by atoms with Crippen LogP contribution in [0.15, 0.2) is 24.3 Å². The quantitative estimate of drug-likeness (QED) is 0.732. The van der Waals surface area contributed by atoms with Gasteiger partial charge in [-0.25, -0.2) is 0 Å². The first-order chi connectivity index (χ1) is 12.1. The average Bonchev–Trinajstić information content (AvgIpc) is 3.00. The topological polar surface area (TPSA) is 56.1 Å². The van der Waals surface area contributed by atoms with Crippen molar-refractivity contribution in [3.8, 4) is 6.07 Å². The van der Waals surface area contributed by atoms with Gasteiger partial charge in [-0.2, -0.15) is 9.66 Å². The molecule has 0 unspecified atom stereocenters. The molecule has 1 fully saturated rings. The van der Waals surface area contributed by atoms with E-state index in [-0.39, 0.29) is 0 Å². The third kappa shape index (κ3) is 2.37. The maximum atomic E-state index is 9.83. The summed E-state index contributed by atoms with van der Waals surface area (Å²) in [5, 5.41) is 9.83. The van der Waals surface area contributed by atoms with Crippen LogP contribution in [0.1, 0.15) is 36.5 Å². The van der Waals surface area contributed by atoms with Gasteiger partial charge in [-0.15, -0.1) is 0 Å². The number of rotatable bonds is 2. The highest BCUT2D eigenvalue weighted by Crippen LogP contribution is 2.33. The van der Waals surface area contributed by atoms with Crippen LogP contribution in [-0.4, -0.2) is 31.3 Å². The largest absolute Gasteiger partial charge is 0.375 e. The third-order valence-electron chi connectivity index (χ3n) is 5.09. The smallest absolute Gasteiger partial charge is 0.250 e. The fourth-order valence-electron chi connectivity index (χ4n) is 3.99. The van der Waals surface area contributed by atoms with Crippen LogP contribution >= 0.6 is 0 Å². The molecule has 0 amide bonds. The maximum absolute atomic E-state index is 9.83. The number of hydrogen-bond donors (Lipinski definition) is 1. The van der Waals surface area contributed by atoms with E-state index in [1.807, 2.05) is 12.1 Å². The number of nitrogens with one attached hydrogen (secondary N) is 1. The van der Waals surface area contributed by atoms with Gasteiger partial charge >= 0.3 is 0 Å². The van der Waals surface area contributed by atoms with Crippen molar-refractivity contribution in [2.45, 2.75) is 26.7 Å². The second kappa shape index (κ2) is 6.05. The predicted molar refractivity (Wildman–Crippen MR) is 98.0 cm³/mol. The van der Waals surface area contributed by atoms with Crippen molar-refractivity contribution in [2.24, 2.45) is 0 Å². The summed E-state index contributed by atoms with van der Waals surface area (Å²) in [7, 11) is 0. The van der Waals surface area contributed by atoms with E-state index in [0.717, 1.165) is 54.1 Å². The van der Waals surface area contributed by atoms with E-state index in [1.54, 1.807) is 0 Å². The lowest BCUT2D eigenvalue weighted by molar-refractivity contribution is -0.468. The molecule has 0 atom stereocenters. The Morgan fingerprint density at radius 1 is 1.24 bits per heavy atom. The monoisotopic (exact) mass is 335 g/mol. The molecule has 0 aliphatic carbocycles. The Kier molecular flexibility index (Phi) is 3.85. The van der Waals surface area contributed by atoms with Crippen LogP contribution in [0.5, 0.6) is 0 Å². The van der Waals surface area contributed by atoms with Gasteiger partial charge < -0.3 is 4.74 Å². The van der Waals surface area contributed by atoms with E-state index < -0.39 is 0 Å². The highest BCUT2D eigenvalue weighted by atomic mass is 16.5. The van der Waals surface area contributed by atoms with Gasteiger partial charge in [0.05, 0.1) is 26.3 Å². The van der Waals surface area contributed by atoms with Gasteiger partial charge in [0.1, 0.15) is 22.7 Å². The third-order valence-corrected chi connectivity index (χ3v) is 5.09. The molecular formula is C20H23N4O+. The Morgan fingerprint density at radius 3 is 2.64 bits per heavy atom. The Labute approximate surface area is 147 Å². The molecule has 128 valence electrons. The van der Waals surface area contributed by atoms with Crippen LogP contribution in [0.2, 0.25) is 0 Å². The number of imidazole rings is 1. The summed E-state index contributed by atoms with van der Waals surface area (Å²) < 4.78 is 7.80. The summed E-state index contributed by atoms with van der Waals surface area (Å²) in [4.78, 5) is 5.87. The molecule has 4 rings (SSSR count). The van der Waals surface area contributed by atoms with Crippen molar-refractivity contribution >= 4 is 22.5 Å². The molecule has 3 heterocycles. The van der Waals surface area contributed by atoms with Gasteiger partial charge in [-0.3, -0.25) is 9.88 Å². The van der Waals surface area contributed by atoms with Gasteiger partial charge in [-0.1, -0.05) is 26.0 Å². The summed E-state index contributed by atoms with van der Waals surface area (Å²) in [6.07, 6.45) is 0. The number of nitrogens with zero attached hydrogens (tertiary/aromatic N) is 3. The lowest BCUT2D eigenvalue weighted by Gasteiger charge is -2.28. The predicted octanol–water partition coefficient (Wildman–Crippen LogP) is 3.05. The van der Waals surface area contributed by atoms with Crippen molar-refractivity contribution in [1.29, 1.82) is 5.26 Å². The molecule has 5 nitrogen and oxygen atoms in total. The van der Waals surface area contributed by atoms with Crippen molar-refractivity contribution in [3.63, 3.8) is 0 Å². The van der Waals surface area contributed by atoms with Gasteiger partial charge in [0.2, 0.25) is 11.5 Å². The first-order valence-corrected chi connectivity index (χ1v) is 8.85. The molecule has 1 aromatic carbocycles. The number of benzene rings is 1. The summed E-state index contributed by atoms with van der Waals surface area (Å²) in [6, 6.07) is 10.7. The molecule has 0 saturated carbocycles. The fraction of sp³-hybridized carbons (Fsp3) is 0.400. The van der Waals surface area contributed by atoms with Crippen LogP contribution in [0.3, 0.4) is 0 Å². The number of H-pyrrole nitrogens is 1. The molecule has 1 aliphatic heterocycles. The zero-order chi connectivity index (χ0) is 17.6. The van der Waals surface area contributed by atoms with Crippen LogP contribution in [-0.2, 0) is 4.74 Å². The number of fused-ring (bicyclic) bond motifs is 3. The van der Waals surface area contributed by atoms with Gasteiger partial charge in [0, 0.05) is 5.56 Å². The lowest BCUT2D eigenvalue weighted by atomic mass is 9.94. The first-order valence-electron chi connectivity index (χ1n) is 8.85. The Bertz CT molecular complexity index is 990. The number of para-hydroxylation sites is 2. The van der Waals surface area contributed by atoms with Gasteiger partial charge in [0.15, 0.2) is 0 Å². The van der Waals surface area contributed by atoms with E-state index in [1.165, 1.54) is 11.4 Å². The molecule has 25 heavy (non-hydrogen) atoms. The Morgan fingerprint density at radius 2 is 1.96 bits per heavy atom. The summed E-state index contributed by atoms with van der Waals surface area (Å²) >= 11 is 0. The van der Waals surface area contributed by atoms with Crippen molar-refractivity contribution in [2.75, 3.05) is 31.2 Å². The second-order valence-electron chi connectivity index (χ2n) is 6.93. The first kappa shape index (κ1) is 15.9. The molecule has 5 heteroatoms. The summed E-state index contributed by atoms with van der Waals surface area (Å²) in [5.74, 6) is 1.53. The highest BCUT2D eigenvalue weighted by Gasteiger charge is 2.31. The van der Waals surface area contributed by atoms with E-state index in [9.17, 15) is 5.26 Å². The van der Waals surface area contributed by atoms with Crippen LogP contribution in [0.25, 0.3) is 16.7 Å².